The van der Waals surface area contributed by atoms with E-state index in [1.165, 1.54) is 0 Å². The van der Waals surface area contributed by atoms with Crippen LogP contribution in [0.5, 0.6) is 0 Å². The van der Waals surface area contributed by atoms with Gasteiger partial charge in [-0.15, -0.1) is 0 Å². The van der Waals surface area contributed by atoms with Crippen molar-refractivity contribution >= 4 is 40.2 Å². The van der Waals surface area contributed by atoms with Crippen LogP contribution in [0.1, 0.15) is 17.2 Å². The SMILES string of the molecule is Nc1n(C[C@H](O)c2ccc(Cl)c(Cl)c2)c2ccccc2[n+]1Cc1ccccc1. The minimum Gasteiger partial charge on any atom is -0.385 e. The lowest BCUT2D eigenvalue weighted by atomic mass is 10.1. The molecule has 3 N–H and O–H groups in total. The van der Waals surface area contributed by atoms with Gasteiger partial charge in [-0.1, -0.05) is 71.7 Å². The van der Waals surface area contributed by atoms with Gasteiger partial charge in [0, 0.05) is 0 Å². The fourth-order valence-electron chi connectivity index (χ4n) is 3.44. The number of halogens is 2. The third-order valence-corrected chi connectivity index (χ3v) is 5.62. The second-order valence-corrected chi connectivity index (χ2v) is 7.53. The highest BCUT2D eigenvalue weighted by molar-refractivity contribution is 6.42. The van der Waals surface area contributed by atoms with E-state index < -0.39 is 6.10 Å². The van der Waals surface area contributed by atoms with Gasteiger partial charge in [0.2, 0.25) is 0 Å². The zero-order chi connectivity index (χ0) is 19.7. The lowest BCUT2D eigenvalue weighted by Gasteiger charge is -2.11. The molecular formula is C22H20Cl2N3O+. The van der Waals surface area contributed by atoms with Gasteiger partial charge in [-0.05, 0) is 35.4 Å². The highest BCUT2D eigenvalue weighted by atomic mass is 35.5. The third-order valence-electron chi connectivity index (χ3n) is 4.88. The van der Waals surface area contributed by atoms with Crippen molar-refractivity contribution in [2.24, 2.45) is 0 Å². The van der Waals surface area contributed by atoms with E-state index in [-0.39, 0.29) is 0 Å². The Morgan fingerprint density at radius 2 is 1.64 bits per heavy atom. The van der Waals surface area contributed by atoms with Crippen LogP contribution in [-0.4, -0.2) is 9.67 Å². The molecule has 1 atom stereocenters. The molecule has 4 nitrogen and oxygen atoms in total. The Morgan fingerprint density at radius 3 is 2.39 bits per heavy atom. The molecule has 28 heavy (non-hydrogen) atoms. The van der Waals surface area contributed by atoms with Crippen molar-refractivity contribution in [3.63, 3.8) is 0 Å². The molecular weight excluding hydrogens is 393 g/mol. The Kier molecular flexibility index (Phi) is 5.27. The number of rotatable bonds is 5. The van der Waals surface area contributed by atoms with Gasteiger partial charge in [0.1, 0.15) is 23.7 Å². The summed E-state index contributed by atoms with van der Waals surface area (Å²) in [5.41, 5.74) is 10.4. The van der Waals surface area contributed by atoms with Crippen molar-refractivity contribution in [1.82, 2.24) is 4.57 Å². The van der Waals surface area contributed by atoms with Crippen molar-refractivity contribution in [2.45, 2.75) is 19.2 Å². The molecule has 0 radical (unpaired) electrons. The zero-order valence-electron chi connectivity index (χ0n) is 15.1. The summed E-state index contributed by atoms with van der Waals surface area (Å²) in [5.74, 6) is 0.587. The molecule has 0 aliphatic carbocycles. The predicted molar refractivity (Wildman–Crippen MR) is 114 cm³/mol. The minimum atomic E-state index is -0.766. The molecule has 1 heterocycles. The summed E-state index contributed by atoms with van der Waals surface area (Å²) < 4.78 is 4.00. The number of nitrogens with two attached hydrogens (primary N) is 1. The largest absolute Gasteiger partial charge is 0.385 e. The normalized spacial score (nSPS) is 12.4. The summed E-state index contributed by atoms with van der Waals surface area (Å²) in [6, 6.07) is 23.3. The number of para-hydroxylation sites is 2. The number of anilines is 1. The number of aliphatic hydroxyl groups excluding tert-OH is 1. The van der Waals surface area contributed by atoms with Crippen molar-refractivity contribution in [3.05, 3.63) is 94.0 Å². The van der Waals surface area contributed by atoms with E-state index in [1.807, 2.05) is 47.0 Å². The van der Waals surface area contributed by atoms with Gasteiger partial charge in [-0.25, -0.2) is 9.13 Å². The van der Waals surface area contributed by atoms with E-state index in [0.717, 1.165) is 16.6 Å². The summed E-state index contributed by atoms with van der Waals surface area (Å²) in [4.78, 5) is 0. The summed E-state index contributed by atoms with van der Waals surface area (Å²) in [5, 5.41) is 11.7. The molecule has 0 unspecified atom stereocenters. The maximum Gasteiger partial charge on any atom is 0.356 e. The molecule has 4 rings (SSSR count). The first-order valence-electron chi connectivity index (χ1n) is 8.98. The highest BCUT2D eigenvalue weighted by Crippen LogP contribution is 2.27. The lowest BCUT2D eigenvalue weighted by Crippen LogP contribution is -2.37. The Labute approximate surface area is 173 Å². The fraction of sp³-hybridized carbons (Fsp3) is 0.136. The Morgan fingerprint density at radius 1 is 0.929 bits per heavy atom. The molecule has 3 aromatic carbocycles. The molecule has 0 spiro atoms. The molecule has 0 aliphatic rings. The quantitative estimate of drug-likeness (QED) is 0.470. The molecule has 0 fully saturated rings. The van der Waals surface area contributed by atoms with Crippen molar-refractivity contribution in [2.75, 3.05) is 5.73 Å². The van der Waals surface area contributed by atoms with Gasteiger partial charge < -0.3 is 5.11 Å². The summed E-state index contributed by atoms with van der Waals surface area (Å²) in [7, 11) is 0. The molecule has 1 aromatic heterocycles. The minimum absolute atomic E-state index is 0.312. The topological polar surface area (TPSA) is 55.1 Å². The maximum atomic E-state index is 10.8. The molecule has 142 valence electrons. The molecule has 4 aromatic rings. The number of fused-ring (bicyclic) bond motifs is 1. The van der Waals surface area contributed by atoms with Crippen LogP contribution in [0.3, 0.4) is 0 Å². The van der Waals surface area contributed by atoms with Gasteiger partial charge in [0.05, 0.1) is 16.6 Å². The fourth-order valence-corrected chi connectivity index (χ4v) is 3.74. The summed E-state index contributed by atoms with van der Waals surface area (Å²) in [6.45, 7) is 0.967. The second-order valence-electron chi connectivity index (χ2n) is 6.72. The summed E-state index contributed by atoms with van der Waals surface area (Å²) >= 11 is 12.1. The van der Waals surface area contributed by atoms with Crippen LogP contribution in [0.15, 0.2) is 72.8 Å². The highest BCUT2D eigenvalue weighted by Gasteiger charge is 2.23. The lowest BCUT2D eigenvalue weighted by molar-refractivity contribution is -0.648. The second kappa shape index (κ2) is 7.84. The average molecular weight is 413 g/mol. The number of nitrogens with zero attached hydrogens (tertiary/aromatic N) is 2. The van der Waals surface area contributed by atoms with Crippen molar-refractivity contribution < 1.29 is 9.67 Å². The van der Waals surface area contributed by atoms with Crippen LogP contribution in [0, 0.1) is 0 Å². The van der Waals surface area contributed by atoms with E-state index in [1.54, 1.807) is 18.2 Å². The van der Waals surface area contributed by atoms with Crippen LogP contribution in [-0.2, 0) is 13.1 Å². The first kappa shape index (κ1) is 18.8. The van der Waals surface area contributed by atoms with Crippen molar-refractivity contribution in [3.8, 4) is 0 Å². The Balaban J connectivity index is 1.72. The van der Waals surface area contributed by atoms with Crippen LogP contribution >= 0.6 is 23.2 Å². The monoisotopic (exact) mass is 412 g/mol. The zero-order valence-corrected chi connectivity index (χ0v) is 16.6. The first-order valence-corrected chi connectivity index (χ1v) is 9.73. The van der Waals surface area contributed by atoms with Crippen LogP contribution in [0.2, 0.25) is 10.0 Å². The molecule has 0 aliphatic heterocycles. The van der Waals surface area contributed by atoms with Gasteiger partial charge in [0.25, 0.3) is 0 Å². The van der Waals surface area contributed by atoms with Crippen LogP contribution < -0.4 is 10.3 Å². The number of benzene rings is 3. The number of nitrogen functional groups attached to an aromatic ring is 1. The van der Waals surface area contributed by atoms with Gasteiger partial charge in [-0.2, -0.15) is 0 Å². The van der Waals surface area contributed by atoms with E-state index in [4.69, 9.17) is 28.9 Å². The number of aromatic nitrogens is 2. The van der Waals surface area contributed by atoms with E-state index in [0.29, 0.717) is 34.6 Å². The number of imidazole rings is 1. The van der Waals surface area contributed by atoms with Crippen LogP contribution in [0.4, 0.5) is 5.95 Å². The number of aliphatic hydroxyl groups is 1. The van der Waals surface area contributed by atoms with Gasteiger partial charge >= 0.3 is 5.95 Å². The van der Waals surface area contributed by atoms with E-state index in [2.05, 4.69) is 16.7 Å². The smallest absolute Gasteiger partial charge is 0.356 e. The number of hydrogen-bond acceptors (Lipinski definition) is 2. The average Bonchev–Trinajstić information content (AvgIpc) is 2.97. The van der Waals surface area contributed by atoms with Crippen LogP contribution in [0.25, 0.3) is 11.0 Å². The Bertz CT molecular complexity index is 1130. The third kappa shape index (κ3) is 3.59. The van der Waals surface area contributed by atoms with E-state index >= 15 is 0 Å². The molecule has 0 saturated heterocycles. The standard InChI is InChI=1S/C22H19Cl2N3O/c23-17-11-10-16(12-18(17)24)21(28)14-27-20-9-5-4-8-19(20)26(22(27)25)13-15-6-2-1-3-7-15/h1-12,21,25,28H,13-14H2/p+1/t21-/m0/s1. The Hall–Kier alpha value is -2.53. The molecule has 6 heteroatoms. The molecule has 0 saturated carbocycles. The maximum absolute atomic E-state index is 10.8. The van der Waals surface area contributed by atoms with Crippen molar-refractivity contribution in [1.29, 1.82) is 0 Å². The van der Waals surface area contributed by atoms with Gasteiger partial charge in [0.15, 0.2) is 0 Å². The molecule has 0 bridgehead atoms. The molecule has 0 amide bonds. The van der Waals surface area contributed by atoms with Gasteiger partial charge in [-0.3, -0.25) is 5.73 Å². The first-order chi connectivity index (χ1) is 13.5. The number of hydrogen-bond donors (Lipinski definition) is 2. The van der Waals surface area contributed by atoms with E-state index in [9.17, 15) is 5.11 Å². The predicted octanol–water partition coefficient (Wildman–Crippen LogP) is 4.60. The summed E-state index contributed by atoms with van der Waals surface area (Å²) in [6.07, 6.45) is -0.766.